The maximum atomic E-state index is 9.15. The van der Waals surface area contributed by atoms with Gasteiger partial charge in [0.1, 0.15) is 5.76 Å². The summed E-state index contributed by atoms with van der Waals surface area (Å²) >= 11 is 5.07. The van der Waals surface area contributed by atoms with E-state index in [4.69, 9.17) is 15.4 Å². The van der Waals surface area contributed by atoms with E-state index in [-0.39, 0.29) is 0 Å². The van der Waals surface area contributed by atoms with Crippen LogP contribution in [-0.2, 0) is 0 Å². The fraction of sp³-hybridized carbons (Fsp3) is 0.133. The van der Waals surface area contributed by atoms with Crippen LogP contribution >= 0.6 is 27.7 Å². The molecule has 0 amide bonds. The van der Waals surface area contributed by atoms with Crippen LogP contribution < -0.4 is 5.73 Å². The molecule has 1 aliphatic rings. The Bertz CT molecular complexity index is 725. The number of hydrogen-bond acceptors (Lipinski definition) is 4. The van der Waals surface area contributed by atoms with Gasteiger partial charge in [0.25, 0.3) is 0 Å². The first-order valence-electron chi connectivity index (χ1n) is 6.10. The number of rotatable bonds is 2. The lowest BCUT2D eigenvalue weighted by atomic mass is 10.1. The van der Waals surface area contributed by atoms with Gasteiger partial charge in [0.05, 0.1) is 11.6 Å². The summed E-state index contributed by atoms with van der Waals surface area (Å²) < 4.78 is 6.67. The Morgan fingerprint density at radius 3 is 2.75 bits per heavy atom. The summed E-state index contributed by atoms with van der Waals surface area (Å²) in [4.78, 5) is 0.956. The van der Waals surface area contributed by atoms with Gasteiger partial charge in [0.15, 0.2) is 5.88 Å². The number of halogens is 1. The molecular formula is C15H11BrN2OS. The zero-order chi connectivity index (χ0) is 14.1. The molecule has 1 aromatic carbocycles. The van der Waals surface area contributed by atoms with Crippen molar-refractivity contribution in [1.82, 2.24) is 0 Å². The number of nitrogen functional groups attached to an aromatic ring is 1. The lowest BCUT2D eigenvalue weighted by molar-refractivity contribution is 0.602. The molecule has 0 unspecified atom stereocenters. The van der Waals surface area contributed by atoms with Gasteiger partial charge in [-0.2, -0.15) is 5.26 Å². The van der Waals surface area contributed by atoms with Gasteiger partial charge >= 0.3 is 0 Å². The molecule has 0 radical (unpaired) electrons. The predicted molar refractivity (Wildman–Crippen MR) is 85.9 cm³/mol. The van der Waals surface area contributed by atoms with Gasteiger partial charge in [-0.3, -0.25) is 0 Å². The van der Waals surface area contributed by atoms with Gasteiger partial charge in [-0.15, -0.1) is 11.8 Å². The molecule has 3 nitrogen and oxygen atoms in total. The van der Waals surface area contributed by atoms with Crippen LogP contribution in [0.3, 0.4) is 0 Å². The number of allylic oxidation sites excluding steroid dienone is 1. The van der Waals surface area contributed by atoms with Crippen molar-refractivity contribution < 1.29 is 4.42 Å². The van der Waals surface area contributed by atoms with Gasteiger partial charge in [0.2, 0.25) is 0 Å². The van der Waals surface area contributed by atoms with Gasteiger partial charge in [-0.1, -0.05) is 28.1 Å². The Labute approximate surface area is 129 Å². The number of nitriles is 1. The first-order valence-corrected chi connectivity index (χ1v) is 7.88. The third-order valence-corrected chi connectivity index (χ3v) is 4.83. The predicted octanol–water partition coefficient (Wildman–Crippen LogP) is 4.66. The van der Waals surface area contributed by atoms with Gasteiger partial charge in [0, 0.05) is 26.3 Å². The van der Waals surface area contributed by atoms with Crippen molar-refractivity contribution in [3.8, 4) is 17.4 Å². The fourth-order valence-corrected chi connectivity index (χ4v) is 3.55. The summed E-state index contributed by atoms with van der Waals surface area (Å²) in [5, 5.41) is 9.15. The molecule has 100 valence electrons. The Kier molecular flexibility index (Phi) is 3.60. The third-order valence-electron chi connectivity index (χ3n) is 3.14. The molecule has 0 bridgehead atoms. The fourth-order valence-electron chi connectivity index (χ4n) is 2.14. The number of nitrogens with two attached hydrogens (primary N) is 1. The summed E-state index contributed by atoms with van der Waals surface area (Å²) in [6.45, 7) is 0. The Hall–Kier alpha value is -1.64. The van der Waals surface area contributed by atoms with Gasteiger partial charge in [-0.25, -0.2) is 0 Å². The lowest BCUT2D eigenvalue weighted by Crippen LogP contribution is -1.86. The molecule has 3 rings (SSSR count). The van der Waals surface area contributed by atoms with E-state index in [2.05, 4.69) is 22.0 Å². The van der Waals surface area contributed by atoms with Crippen molar-refractivity contribution >= 4 is 38.5 Å². The molecule has 2 N–H and O–H groups in total. The summed E-state index contributed by atoms with van der Waals surface area (Å²) in [6, 6.07) is 12.0. The highest BCUT2D eigenvalue weighted by Gasteiger charge is 2.22. The molecule has 1 aliphatic heterocycles. The molecule has 0 atom stereocenters. The Morgan fingerprint density at radius 1 is 1.30 bits per heavy atom. The smallest absolute Gasteiger partial charge is 0.199 e. The van der Waals surface area contributed by atoms with Crippen molar-refractivity contribution in [2.24, 2.45) is 0 Å². The number of hydrogen-bond donors (Lipinski definition) is 1. The van der Waals surface area contributed by atoms with Gasteiger partial charge in [-0.05, 0) is 24.6 Å². The molecule has 0 saturated carbocycles. The summed E-state index contributed by atoms with van der Waals surface area (Å²) in [7, 11) is 0. The van der Waals surface area contributed by atoms with Gasteiger partial charge < -0.3 is 10.2 Å². The van der Waals surface area contributed by atoms with Crippen LogP contribution in [0.15, 0.2) is 44.8 Å². The largest absolute Gasteiger partial charge is 0.440 e. The van der Waals surface area contributed by atoms with Crippen molar-refractivity contribution in [1.29, 1.82) is 5.26 Å². The van der Waals surface area contributed by atoms with Crippen molar-refractivity contribution in [2.45, 2.75) is 6.42 Å². The average Bonchev–Trinajstić information content (AvgIpc) is 3.05. The highest BCUT2D eigenvalue weighted by atomic mass is 79.9. The maximum Gasteiger partial charge on any atom is 0.199 e. The molecule has 0 aliphatic carbocycles. The SMILES string of the molecule is N#CC1=C(c2cc(-c3ccc(Br)cc3)oc2N)SCC1. The van der Waals surface area contributed by atoms with Crippen LogP contribution in [0.5, 0.6) is 0 Å². The van der Waals surface area contributed by atoms with Crippen LogP contribution in [-0.4, -0.2) is 5.75 Å². The number of thioether (sulfide) groups is 1. The molecule has 0 fully saturated rings. The second kappa shape index (κ2) is 5.39. The molecule has 2 heterocycles. The second-order valence-corrected chi connectivity index (χ2v) is 6.43. The highest BCUT2D eigenvalue weighted by Crippen LogP contribution is 2.43. The normalized spacial score (nSPS) is 14.6. The lowest BCUT2D eigenvalue weighted by Gasteiger charge is -1.98. The van der Waals surface area contributed by atoms with E-state index in [1.54, 1.807) is 11.8 Å². The van der Waals surface area contributed by atoms with E-state index >= 15 is 0 Å². The van der Waals surface area contributed by atoms with Crippen LogP contribution in [0, 0.1) is 11.3 Å². The molecule has 0 saturated heterocycles. The molecule has 5 heteroatoms. The monoisotopic (exact) mass is 346 g/mol. The van der Waals surface area contributed by atoms with Crippen LogP contribution in [0.4, 0.5) is 5.88 Å². The van der Waals surface area contributed by atoms with E-state index in [0.29, 0.717) is 5.88 Å². The molecular weight excluding hydrogens is 336 g/mol. The summed E-state index contributed by atoms with van der Waals surface area (Å²) in [5.41, 5.74) is 8.57. The minimum atomic E-state index is 0.375. The van der Waals surface area contributed by atoms with Crippen LogP contribution in [0.2, 0.25) is 0 Å². The number of benzene rings is 1. The minimum absolute atomic E-state index is 0.375. The van der Waals surface area contributed by atoms with Crippen LogP contribution in [0.25, 0.3) is 16.2 Å². The zero-order valence-electron chi connectivity index (χ0n) is 10.5. The molecule has 0 spiro atoms. The zero-order valence-corrected chi connectivity index (χ0v) is 12.9. The Balaban J connectivity index is 2.04. The van der Waals surface area contributed by atoms with Crippen LogP contribution in [0.1, 0.15) is 12.0 Å². The third kappa shape index (κ3) is 2.37. The summed E-state index contributed by atoms with van der Waals surface area (Å²) in [5.74, 6) is 2.03. The average molecular weight is 347 g/mol. The molecule has 2 aromatic rings. The second-order valence-electron chi connectivity index (χ2n) is 4.41. The van der Waals surface area contributed by atoms with E-state index < -0.39 is 0 Å². The topological polar surface area (TPSA) is 63.0 Å². The van der Waals surface area contributed by atoms with Crippen molar-refractivity contribution in [3.05, 3.63) is 45.9 Å². The molecule has 20 heavy (non-hydrogen) atoms. The Morgan fingerprint density at radius 2 is 2.05 bits per heavy atom. The maximum absolute atomic E-state index is 9.15. The highest BCUT2D eigenvalue weighted by molar-refractivity contribution is 9.10. The van der Waals surface area contributed by atoms with E-state index in [1.165, 1.54) is 0 Å². The number of anilines is 1. The van der Waals surface area contributed by atoms with Crippen molar-refractivity contribution in [2.75, 3.05) is 11.5 Å². The van der Waals surface area contributed by atoms with Crippen molar-refractivity contribution in [3.63, 3.8) is 0 Å². The van der Waals surface area contributed by atoms with E-state index in [0.717, 1.165) is 44.0 Å². The standard InChI is InChI=1S/C15H11BrN2OS/c16-11-3-1-9(2-4-11)13-7-12(15(18)19-13)14-10(8-17)5-6-20-14/h1-4,7H,5-6,18H2. The van der Waals surface area contributed by atoms with E-state index in [9.17, 15) is 0 Å². The first kappa shape index (κ1) is 13.3. The number of nitrogens with zero attached hydrogens (tertiary/aromatic N) is 1. The van der Waals surface area contributed by atoms with E-state index in [1.807, 2.05) is 30.3 Å². The molecule has 1 aromatic heterocycles. The minimum Gasteiger partial charge on any atom is -0.440 e. The number of furan rings is 1. The quantitative estimate of drug-likeness (QED) is 0.858. The summed E-state index contributed by atoms with van der Waals surface area (Å²) in [6.07, 6.45) is 0.800. The first-order chi connectivity index (χ1) is 9.69.